The highest BCUT2D eigenvalue weighted by Gasteiger charge is 2.21. The predicted molar refractivity (Wildman–Crippen MR) is 103 cm³/mol. The number of hydrogen-bond acceptors (Lipinski definition) is 5. The molecule has 0 radical (unpaired) electrons. The molecule has 0 bridgehead atoms. The average Bonchev–Trinajstić information content (AvgIpc) is 3.05. The van der Waals surface area contributed by atoms with Crippen LogP contribution in [0.15, 0.2) is 23.1 Å². The zero-order chi connectivity index (χ0) is 18.9. The molecule has 1 fully saturated rings. The van der Waals surface area contributed by atoms with Gasteiger partial charge in [-0.05, 0) is 51.7 Å². The van der Waals surface area contributed by atoms with Crippen molar-refractivity contribution in [1.29, 1.82) is 0 Å². The Balaban J connectivity index is 1.82. The van der Waals surface area contributed by atoms with Gasteiger partial charge in [0.15, 0.2) is 0 Å². The Morgan fingerprint density at radius 2 is 1.62 bits per heavy atom. The summed E-state index contributed by atoms with van der Waals surface area (Å²) < 4.78 is 28.3. The summed E-state index contributed by atoms with van der Waals surface area (Å²) in [6, 6.07) is 5.73. The maximum atomic E-state index is 12.8. The first-order chi connectivity index (χ1) is 12.3. The average molecular weight is 375 g/mol. The van der Waals surface area contributed by atoms with Crippen LogP contribution in [0, 0.1) is 27.7 Å². The third-order valence-corrected chi connectivity index (χ3v) is 6.32. The molecule has 1 aliphatic heterocycles. The Morgan fingerprint density at radius 3 is 2.23 bits per heavy atom. The number of nitrogens with one attached hydrogen (secondary N) is 1. The minimum atomic E-state index is -3.62. The molecule has 0 atom stereocenters. The van der Waals surface area contributed by atoms with E-state index in [1.165, 1.54) is 0 Å². The molecular formula is C19H26N4O2S. The van der Waals surface area contributed by atoms with E-state index in [-0.39, 0.29) is 6.54 Å². The molecule has 0 amide bonds. The lowest BCUT2D eigenvalue weighted by atomic mass is 10.1. The Hall–Kier alpha value is -1.99. The van der Waals surface area contributed by atoms with Crippen molar-refractivity contribution in [2.75, 3.05) is 18.0 Å². The van der Waals surface area contributed by atoms with Crippen LogP contribution in [0.5, 0.6) is 0 Å². The minimum Gasteiger partial charge on any atom is -0.357 e. The van der Waals surface area contributed by atoms with Crippen molar-refractivity contribution in [2.24, 2.45) is 0 Å². The number of sulfonamides is 1. The Labute approximate surface area is 155 Å². The molecule has 26 heavy (non-hydrogen) atoms. The fraction of sp³-hybridized carbons (Fsp3) is 0.474. The minimum absolute atomic E-state index is 0.0810. The van der Waals surface area contributed by atoms with Crippen molar-refractivity contribution in [1.82, 2.24) is 14.7 Å². The molecule has 3 rings (SSSR count). The van der Waals surface area contributed by atoms with Crippen LogP contribution in [0.25, 0.3) is 0 Å². The van der Waals surface area contributed by atoms with E-state index in [4.69, 9.17) is 0 Å². The first-order valence-corrected chi connectivity index (χ1v) is 10.4. The standard InChI is InChI=1S/C19H26N4O2S/c1-13-9-14(2)19(15(3)10-13)26(24,25)20-12-17-21-16(4)11-18(22-17)23-7-5-6-8-23/h9-11,20H,5-8,12H2,1-4H3. The molecule has 1 aliphatic rings. The van der Waals surface area contributed by atoms with Gasteiger partial charge >= 0.3 is 0 Å². The van der Waals surface area contributed by atoms with E-state index in [0.717, 1.165) is 54.1 Å². The van der Waals surface area contributed by atoms with Gasteiger partial charge in [-0.25, -0.2) is 23.1 Å². The SMILES string of the molecule is Cc1cc(C)c(S(=O)(=O)NCc2nc(C)cc(N3CCCC3)n2)c(C)c1. The normalized spacial score (nSPS) is 14.8. The van der Waals surface area contributed by atoms with E-state index in [0.29, 0.717) is 10.7 Å². The van der Waals surface area contributed by atoms with Crippen LogP contribution in [-0.2, 0) is 16.6 Å². The van der Waals surface area contributed by atoms with Crippen molar-refractivity contribution >= 4 is 15.8 Å². The van der Waals surface area contributed by atoms with Crippen molar-refractivity contribution in [3.8, 4) is 0 Å². The summed E-state index contributed by atoms with van der Waals surface area (Å²) in [5.41, 5.74) is 3.39. The fourth-order valence-electron chi connectivity index (χ4n) is 3.62. The topological polar surface area (TPSA) is 75.2 Å². The van der Waals surface area contributed by atoms with Crippen molar-refractivity contribution in [3.05, 3.63) is 46.4 Å². The highest BCUT2D eigenvalue weighted by molar-refractivity contribution is 7.89. The number of rotatable bonds is 5. The molecule has 6 nitrogen and oxygen atoms in total. The lowest BCUT2D eigenvalue weighted by molar-refractivity contribution is 0.577. The van der Waals surface area contributed by atoms with Gasteiger partial charge in [-0.3, -0.25) is 0 Å². The Bertz CT molecular complexity index is 896. The molecular weight excluding hydrogens is 348 g/mol. The third-order valence-electron chi connectivity index (χ3n) is 4.61. The van der Waals surface area contributed by atoms with E-state index >= 15 is 0 Å². The molecule has 2 aromatic rings. The second kappa shape index (κ2) is 7.32. The summed E-state index contributed by atoms with van der Waals surface area (Å²) in [4.78, 5) is 11.5. The highest BCUT2D eigenvalue weighted by atomic mass is 32.2. The van der Waals surface area contributed by atoms with E-state index in [1.807, 2.05) is 45.9 Å². The number of benzene rings is 1. The summed E-state index contributed by atoms with van der Waals surface area (Å²) in [7, 11) is -3.62. The van der Waals surface area contributed by atoms with Crippen molar-refractivity contribution in [2.45, 2.75) is 52.0 Å². The molecule has 140 valence electrons. The van der Waals surface area contributed by atoms with Gasteiger partial charge in [0.05, 0.1) is 11.4 Å². The number of aryl methyl sites for hydroxylation is 4. The van der Waals surface area contributed by atoms with Crippen LogP contribution in [0.2, 0.25) is 0 Å². The van der Waals surface area contributed by atoms with Gasteiger partial charge < -0.3 is 4.90 Å². The molecule has 1 aromatic heterocycles. The van der Waals surface area contributed by atoms with Crippen LogP contribution in [0.4, 0.5) is 5.82 Å². The Kier molecular flexibility index (Phi) is 5.29. The van der Waals surface area contributed by atoms with Gasteiger partial charge in [-0.15, -0.1) is 0 Å². The lowest BCUT2D eigenvalue weighted by Crippen LogP contribution is -2.27. The van der Waals surface area contributed by atoms with Crippen LogP contribution in [0.1, 0.15) is 41.1 Å². The van der Waals surface area contributed by atoms with Crippen LogP contribution < -0.4 is 9.62 Å². The number of anilines is 1. The summed E-state index contributed by atoms with van der Waals surface area (Å²) in [5.74, 6) is 1.38. The second-order valence-electron chi connectivity index (χ2n) is 7.03. The van der Waals surface area contributed by atoms with Gasteiger partial charge in [0.25, 0.3) is 0 Å². The van der Waals surface area contributed by atoms with Crippen LogP contribution in [-0.4, -0.2) is 31.5 Å². The lowest BCUT2D eigenvalue weighted by Gasteiger charge is -2.18. The van der Waals surface area contributed by atoms with E-state index < -0.39 is 10.0 Å². The molecule has 7 heteroatoms. The molecule has 1 saturated heterocycles. The third kappa shape index (κ3) is 4.04. The molecule has 0 unspecified atom stereocenters. The van der Waals surface area contributed by atoms with Gasteiger partial charge in [-0.1, -0.05) is 17.7 Å². The number of aromatic nitrogens is 2. The monoisotopic (exact) mass is 374 g/mol. The van der Waals surface area contributed by atoms with Crippen molar-refractivity contribution in [3.63, 3.8) is 0 Å². The van der Waals surface area contributed by atoms with Gasteiger partial charge in [0.2, 0.25) is 10.0 Å². The number of hydrogen-bond donors (Lipinski definition) is 1. The second-order valence-corrected chi connectivity index (χ2v) is 8.73. The predicted octanol–water partition coefficient (Wildman–Crippen LogP) is 2.79. The first-order valence-electron chi connectivity index (χ1n) is 8.93. The Morgan fingerprint density at radius 1 is 1.00 bits per heavy atom. The zero-order valence-corrected chi connectivity index (χ0v) is 16.7. The fourth-order valence-corrected chi connectivity index (χ4v) is 5.05. The largest absolute Gasteiger partial charge is 0.357 e. The molecule has 0 aliphatic carbocycles. The molecule has 0 spiro atoms. The van der Waals surface area contributed by atoms with Crippen LogP contribution in [0.3, 0.4) is 0 Å². The summed E-state index contributed by atoms with van der Waals surface area (Å²) in [5, 5.41) is 0. The van der Waals surface area contributed by atoms with Crippen molar-refractivity contribution < 1.29 is 8.42 Å². The summed E-state index contributed by atoms with van der Waals surface area (Å²) >= 11 is 0. The summed E-state index contributed by atoms with van der Waals surface area (Å²) in [6.45, 7) is 9.58. The number of nitrogens with zero attached hydrogens (tertiary/aromatic N) is 3. The first kappa shape index (κ1) is 18.8. The van der Waals surface area contributed by atoms with Gasteiger partial charge in [0, 0.05) is 24.8 Å². The van der Waals surface area contributed by atoms with E-state index in [1.54, 1.807) is 0 Å². The van der Waals surface area contributed by atoms with Gasteiger partial charge in [-0.2, -0.15) is 0 Å². The molecule has 1 N–H and O–H groups in total. The smallest absolute Gasteiger partial charge is 0.241 e. The summed E-state index contributed by atoms with van der Waals surface area (Å²) in [6.07, 6.45) is 2.33. The van der Waals surface area contributed by atoms with Gasteiger partial charge in [0.1, 0.15) is 11.6 Å². The molecule has 1 aromatic carbocycles. The zero-order valence-electron chi connectivity index (χ0n) is 15.8. The molecule has 0 saturated carbocycles. The maximum Gasteiger partial charge on any atom is 0.241 e. The quantitative estimate of drug-likeness (QED) is 0.871. The van der Waals surface area contributed by atoms with E-state index in [2.05, 4.69) is 19.6 Å². The maximum absolute atomic E-state index is 12.8. The highest BCUT2D eigenvalue weighted by Crippen LogP contribution is 2.22. The van der Waals surface area contributed by atoms with E-state index in [9.17, 15) is 8.42 Å². The van der Waals surface area contributed by atoms with Crippen LogP contribution >= 0.6 is 0 Å². The molecule has 2 heterocycles.